The number of nitrogens with one attached hydrogen (secondary N) is 1. The second kappa shape index (κ2) is 7.12. The molecule has 0 atom stereocenters. The molecular weight excluding hydrogens is 308 g/mol. The van der Waals surface area contributed by atoms with Crippen molar-refractivity contribution in [3.8, 4) is 5.75 Å². The Morgan fingerprint density at radius 2 is 2.17 bits per heavy atom. The minimum atomic E-state index is -0.843. The number of benzene rings is 1. The third-order valence-corrected chi connectivity index (χ3v) is 3.84. The number of amides is 1. The van der Waals surface area contributed by atoms with Gasteiger partial charge in [0.15, 0.2) is 0 Å². The molecule has 24 heavy (non-hydrogen) atoms. The Bertz CT molecular complexity index is 773. The summed E-state index contributed by atoms with van der Waals surface area (Å²) in [5, 5.41) is 11.6. The van der Waals surface area contributed by atoms with E-state index in [-0.39, 0.29) is 12.3 Å². The molecule has 0 bridgehead atoms. The van der Waals surface area contributed by atoms with Crippen molar-refractivity contribution >= 4 is 17.6 Å². The van der Waals surface area contributed by atoms with Gasteiger partial charge in [0.2, 0.25) is 0 Å². The molecule has 0 saturated carbocycles. The maximum Gasteiger partial charge on any atom is 0.303 e. The number of aliphatic carboxylic acids is 1. The molecule has 2 heterocycles. The molecular formula is C18H18N2O4. The molecule has 2 N–H and O–H groups in total. The summed E-state index contributed by atoms with van der Waals surface area (Å²) in [6.45, 7) is 0.684. The fraction of sp³-hybridized carbons (Fsp3) is 0.278. The van der Waals surface area contributed by atoms with Gasteiger partial charge in [0.1, 0.15) is 11.4 Å². The summed E-state index contributed by atoms with van der Waals surface area (Å²) in [6, 6.07) is 8.94. The molecule has 0 fully saturated rings. The van der Waals surface area contributed by atoms with Gasteiger partial charge in [-0.15, -0.1) is 0 Å². The van der Waals surface area contributed by atoms with Crippen molar-refractivity contribution < 1.29 is 19.4 Å². The van der Waals surface area contributed by atoms with Crippen LogP contribution in [0.2, 0.25) is 0 Å². The number of nitrogens with zero attached hydrogens (tertiary/aromatic N) is 1. The second-order valence-electron chi connectivity index (χ2n) is 5.68. The van der Waals surface area contributed by atoms with Crippen LogP contribution in [0.25, 0.3) is 0 Å². The number of rotatable bonds is 5. The number of pyridine rings is 1. The molecule has 1 aromatic carbocycles. The first kappa shape index (κ1) is 16.0. The van der Waals surface area contributed by atoms with E-state index in [1.54, 1.807) is 30.5 Å². The third kappa shape index (κ3) is 3.90. The Hall–Kier alpha value is -2.89. The van der Waals surface area contributed by atoms with Crippen LogP contribution in [0.3, 0.4) is 0 Å². The van der Waals surface area contributed by atoms with Gasteiger partial charge in [0.05, 0.1) is 12.8 Å². The highest BCUT2D eigenvalue weighted by atomic mass is 16.5. The zero-order chi connectivity index (χ0) is 16.9. The fourth-order valence-electron chi connectivity index (χ4n) is 2.63. The van der Waals surface area contributed by atoms with Gasteiger partial charge in [-0.25, -0.2) is 4.98 Å². The summed E-state index contributed by atoms with van der Waals surface area (Å²) in [5.74, 6) is -0.392. The van der Waals surface area contributed by atoms with Gasteiger partial charge in [-0.05, 0) is 48.6 Å². The lowest BCUT2D eigenvalue weighted by atomic mass is 10.1. The molecule has 0 radical (unpaired) electrons. The number of carbonyl (C=O) groups is 2. The lowest BCUT2D eigenvalue weighted by molar-refractivity contribution is -0.136. The number of carboxylic acid groups (broad SMARTS) is 1. The van der Waals surface area contributed by atoms with Gasteiger partial charge in [-0.2, -0.15) is 0 Å². The van der Waals surface area contributed by atoms with E-state index in [1.165, 1.54) is 0 Å². The fourth-order valence-corrected chi connectivity index (χ4v) is 2.63. The second-order valence-corrected chi connectivity index (χ2v) is 5.68. The molecule has 6 nitrogen and oxygen atoms in total. The standard InChI is InChI=1S/C18H18N2O4/c21-17(22)7-6-12-3-1-5-14(9-12)20-18(23)15-10-13-4-2-8-24-16(13)11-19-15/h1,3,5,9-11H,2,4,6-8H2,(H,20,23)(H,21,22). The van der Waals surface area contributed by atoms with Crippen LogP contribution in [0.5, 0.6) is 5.75 Å². The maximum absolute atomic E-state index is 12.4. The minimum Gasteiger partial charge on any atom is -0.492 e. The zero-order valence-electron chi connectivity index (χ0n) is 13.1. The summed E-state index contributed by atoms with van der Waals surface area (Å²) in [5.41, 5.74) is 2.83. The average Bonchev–Trinajstić information content (AvgIpc) is 2.60. The number of aryl methyl sites for hydroxylation is 2. The van der Waals surface area contributed by atoms with Crippen LogP contribution >= 0.6 is 0 Å². The number of carbonyl (C=O) groups excluding carboxylic acids is 1. The monoisotopic (exact) mass is 326 g/mol. The molecule has 2 aromatic rings. The number of aromatic nitrogens is 1. The van der Waals surface area contributed by atoms with Crippen molar-refractivity contribution in [2.45, 2.75) is 25.7 Å². The Kier molecular flexibility index (Phi) is 4.74. The summed E-state index contributed by atoms with van der Waals surface area (Å²) in [4.78, 5) is 27.2. The number of anilines is 1. The van der Waals surface area contributed by atoms with E-state index in [9.17, 15) is 9.59 Å². The predicted octanol–water partition coefficient (Wildman–Crippen LogP) is 2.68. The quantitative estimate of drug-likeness (QED) is 0.882. The summed E-state index contributed by atoms with van der Waals surface area (Å²) < 4.78 is 5.50. The van der Waals surface area contributed by atoms with Gasteiger partial charge in [-0.3, -0.25) is 9.59 Å². The Morgan fingerprint density at radius 1 is 1.29 bits per heavy atom. The van der Waals surface area contributed by atoms with E-state index in [4.69, 9.17) is 9.84 Å². The number of fused-ring (bicyclic) bond motifs is 1. The van der Waals surface area contributed by atoms with E-state index in [1.807, 2.05) is 6.07 Å². The van der Waals surface area contributed by atoms with Crippen LogP contribution < -0.4 is 10.1 Å². The number of hydrogen-bond donors (Lipinski definition) is 2. The predicted molar refractivity (Wildman–Crippen MR) is 88.4 cm³/mol. The van der Waals surface area contributed by atoms with Crippen molar-refractivity contribution in [3.63, 3.8) is 0 Å². The van der Waals surface area contributed by atoms with Crippen molar-refractivity contribution in [2.75, 3.05) is 11.9 Å². The van der Waals surface area contributed by atoms with Crippen molar-refractivity contribution in [1.82, 2.24) is 4.98 Å². The Labute approximate surface area is 139 Å². The van der Waals surface area contributed by atoms with Gasteiger partial charge < -0.3 is 15.2 Å². The molecule has 0 unspecified atom stereocenters. The van der Waals surface area contributed by atoms with E-state index < -0.39 is 5.97 Å². The average molecular weight is 326 g/mol. The Morgan fingerprint density at radius 3 is 3.00 bits per heavy atom. The van der Waals surface area contributed by atoms with Gasteiger partial charge in [-0.1, -0.05) is 12.1 Å². The zero-order valence-corrected chi connectivity index (χ0v) is 13.1. The summed E-state index contributed by atoms with van der Waals surface area (Å²) >= 11 is 0. The van der Waals surface area contributed by atoms with Gasteiger partial charge in [0, 0.05) is 12.1 Å². The highest BCUT2D eigenvalue weighted by molar-refractivity contribution is 6.03. The smallest absolute Gasteiger partial charge is 0.303 e. The van der Waals surface area contributed by atoms with Crippen molar-refractivity contribution in [3.05, 3.63) is 53.3 Å². The lowest BCUT2D eigenvalue weighted by Crippen LogP contribution is -2.16. The largest absolute Gasteiger partial charge is 0.492 e. The molecule has 6 heteroatoms. The van der Waals surface area contributed by atoms with Gasteiger partial charge >= 0.3 is 5.97 Å². The van der Waals surface area contributed by atoms with E-state index in [0.29, 0.717) is 24.4 Å². The Balaban J connectivity index is 1.70. The van der Waals surface area contributed by atoms with Crippen LogP contribution in [-0.2, 0) is 17.6 Å². The summed E-state index contributed by atoms with van der Waals surface area (Å²) in [6.07, 6.45) is 3.89. The molecule has 0 spiro atoms. The number of hydrogen-bond acceptors (Lipinski definition) is 4. The van der Waals surface area contributed by atoms with E-state index in [0.717, 1.165) is 29.7 Å². The molecule has 124 valence electrons. The first-order valence-electron chi connectivity index (χ1n) is 7.85. The first-order chi connectivity index (χ1) is 11.6. The number of carboxylic acids is 1. The van der Waals surface area contributed by atoms with Crippen molar-refractivity contribution in [2.24, 2.45) is 0 Å². The van der Waals surface area contributed by atoms with Crippen molar-refractivity contribution in [1.29, 1.82) is 0 Å². The van der Waals surface area contributed by atoms with Crippen LogP contribution in [0, 0.1) is 0 Å². The molecule has 0 saturated heterocycles. The molecule has 1 amide bonds. The van der Waals surface area contributed by atoms with E-state index >= 15 is 0 Å². The topological polar surface area (TPSA) is 88.5 Å². The number of ether oxygens (including phenoxy) is 1. The molecule has 3 rings (SSSR count). The van der Waals surface area contributed by atoms with Crippen LogP contribution in [-0.4, -0.2) is 28.6 Å². The van der Waals surface area contributed by atoms with Crippen LogP contribution in [0.15, 0.2) is 36.5 Å². The molecule has 1 aromatic heterocycles. The summed E-state index contributed by atoms with van der Waals surface area (Å²) in [7, 11) is 0. The molecule has 1 aliphatic rings. The van der Waals surface area contributed by atoms with E-state index in [2.05, 4.69) is 10.3 Å². The third-order valence-electron chi connectivity index (χ3n) is 3.84. The highest BCUT2D eigenvalue weighted by Gasteiger charge is 2.15. The SMILES string of the molecule is O=C(O)CCc1cccc(NC(=O)c2cc3c(cn2)OCCC3)c1. The molecule has 1 aliphatic heterocycles. The lowest BCUT2D eigenvalue weighted by Gasteiger charge is -2.17. The molecule has 0 aliphatic carbocycles. The highest BCUT2D eigenvalue weighted by Crippen LogP contribution is 2.24. The van der Waals surface area contributed by atoms with Crippen LogP contribution in [0.4, 0.5) is 5.69 Å². The van der Waals surface area contributed by atoms with Gasteiger partial charge in [0.25, 0.3) is 5.91 Å². The normalized spacial score (nSPS) is 12.8. The van der Waals surface area contributed by atoms with Crippen LogP contribution in [0.1, 0.15) is 34.5 Å². The minimum absolute atomic E-state index is 0.0593. The maximum atomic E-state index is 12.4. The first-order valence-corrected chi connectivity index (χ1v) is 7.85.